The van der Waals surface area contributed by atoms with Gasteiger partial charge in [-0.15, -0.1) is 23.1 Å². The van der Waals surface area contributed by atoms with Gasteiger partial charge in [-0.2, -0.15) is 0 Å². The predicted molar refractivity (Wildman–Crippen MR) is 119 cm³/mol. The maximum atomic E-state index is 12.7. The Labute approximate surface area is 224 Å². The van der Waals surface area contributed by atoms with Crippen molar-refractivity contribution in [3.63, 3.8) is 0 Å². The van der Waals surface area contributed by atoms with Gasteiger partial charge in [-0.1, -0.05) is 11.2 Å². The number of carboxylic acid groups (broad SMARTS) is 1. The molecule has 34 heavy (non-hydrogen) atoms. The van der Waals surface area contributed by atoms with Gasteiger partial charge in [0.25, 0.3) is 5.91 Å². The van der Waals surface area contributed by atoms with Crippen LogP contribution in [0.2, 0.25) is 0 Å². The molecule has 0 radical (unpaired) electrons. The first-order chi connectivity index (χ1) is 15.8. The first-order valence-corrected chi connectivity index (χ1v) is 11.2. The number of carbonyl (C=O) groups excluding carboxylic acids is 2. The fourth-order valence-corrected chi connectivity index (χ4v) is 4.84. The van der Waals surface area contributed by atoms with Gasteiger partial charge in [0.15, 0.2) is 11.2 Å². The van der Waals surface area contributed by atoms with Crippen molar-refractivity contribution in [2.24, 2.45) is 10.1 Å². The summed E-state index contributed by atoms with van der Waals surface area (Å²) in [7, 11) is 2.65. The molecule has 3 rings (SSSR count). The quantitative estimate of drug-likeness (QED) is 0.102. The summed E-state index contributed by atoms with van der Waals surface area (Å²) < 4.78 is 4.82. The molecular formula is C18H19N6NaO7S2. The van der Waals surface area contributed by atoms with E-state index in [1.54, 1.807) is 0 Å². The largest absolute Gasteiger partial charge is 1.00 e. The molecule has 3 heterocycles. The second-order valence-corrected chi connectivity index (χ2v) is 8.41. The molecule has 2 aliphatic heterocycles. The Kier molecular flexibility index (Phi) is 9.93. The number of aliphatic carboxylic acids is 1. The number of alkyl carbamates (subject to hydrolysis) is 1. The number of carbonyl (C=O) groups is 3. The smallest absolute Gasteiger partial charge is 0.857 e. The molecule has 0 saturated carbocycles. The maximum Gasteiger partial charge on any atom is 1.00 e. The Bertz CT molecular complexity index is 1090. The number of thiazole rings is 1. The van der Waals surface area contributed by atoms with Crippen LogP contribution in [-0.2, 0) is 19.2 Å². The zero-order chi connectivity index (χ0) is 24.1. The molecular weight excluding hydrogens is 499 g/mol. The first-order valence-electron chi connectivity index (χ1n) is 9.28. The first kappa shape index (κ1) is 27.7. The minimum atomic E-state index is -1.30. The molecule has 0 bridgehead atoms. The van der Waals surface area contributed by atoms with E-state index in [-0.39, 0.29) is 64.2 Å². The number of thioether (sulfide) groups is 1. The second kappa shape index (κ2) is 12.2. The summed E-state index contributed by atoms with van der Waals surface area (Å²) in [5, 5.41) is 29.3. The standard InChI is InChI=1S/C18H20N6O7S2.Na/c1-20-18(29)31-5-3-4-8-6-32-15-11(14(26)24(15)12(8)16(27)28)22-13(25)10(23-30-2)9-7-33-17(19)21-9;/h3-4,7,11,15H,5-6H2,1-2H3,(H2,19,21)(H,20,29)(H,22,25)(H,27,28);/q;+1/p-1/b4-3-,23-10+;/t11-,15-;/m1./s1. The fourth-order valence-electron chi connectivity index (χ4n) is 2.99. The van der Waals surface area contributed by atoms with E-state index >= 15 is 0 Å². The molecule has 2 aliphatic rings. The van der Waals surface area contributed by atoms with Crippen LogP contribution < -0.4 is 45.7 Å². The molecule has 0 aliphatic carbocycles. The van der Waals surface area contributed by atoms with Gasteiger partial charge in [0.2, 0.25) is 0 Å². The van der Waals surface area contributed by atoms with Crippen molar-refractivity contribution >= 4 is 57.8 Å². The Hall–Kier alpha value is -2.59. The predicted octanol–water partition coefficient (Wildman–Crippen LogP) is -3.63. The molecule has 1 aromatic heterocycles. The maximum absolute atomic E-state index is 12.7. The van der Waals surface area contributed by atoms with E-state index in [1.165, 1.54) is 43.5 Å². The van der Waals surface area contributed by atoms with Gasteiger partial charge < -0.3 is 30.8 Å². The third-order valence-electron chi connectivity index (χ3n) is 4.41. The second-order valence-electron chi connectivity index (χ2n) is 6.41. The van der Waals surface area contributed by atoms with E-state index in [2.05, 4.69) is 25.3 Å². The number of β-lactam (4-membered cyclic amide) rings is 1. The van der Waals surface area contributed by atoms with Crippen LogP contribution in [-0.4, -0.2) is 82.5 Å². The van der Waals surface area contributed by atoms with E-state index in [1.807, 2.05) is 0 Å². The number of aromatic nitrogens is 1. The van der Waals surface area contributed by atoms with Gasteiger partial charge in [-0.05, 0) is 11.6 Å². The monoisotopic (exact) mass is 518 g/mol. The van der Waals surface area contributed by atoms with Crippen molar-refractivity contribution in [2.75, 3.05) is 32.3 Å². The van der Waals surface area contributed by atoms with E-state index in [4.69, 9.17) is 10.5 Å². The van der Waals surface area contributed by atoms with Gasteiger partial charge in [0, 0.05) is 24.1 Å². The van der Waals surface area contributed by atoms with Gasteiger partial charge >= 0.3 is 41.6 Å². The van der Waals surface area contributed by atoms with Crippen LogP contribution in [0, 0.1) is 0 Å². The number of carboxylic acids is 1. The summed E-state index contributed by atoms with van der Waals surface area (Å²) in [6.07, 6.45) is 2.32. The van der Waals surface area contributed by atoms with Gasteiger partial charge in [-0.25, -0.2) is 14.6 Å². The number of nitrogens with zero attached hydrogens (tertiary/aromatic N) is 4. The van der Waals surface area contributed by atoms with E-state index in [9.17, 15) is 24.6 Å². The molecule has 1 saturated heterocycles. The third-order valence-corrected chi connectivity index (χ3v) is 6.37. The number of rotatable bonds is 8. The normalized spacial score (nSPS) is 20.4. The third kappa shape index (κ3) is 5.90. The van der Waals surface area contributed by atoms with Crippen molar-refractivity contribution in [2.45, 2.75) is 11.4 Å². The Morgan fingerprint density at radius 3 is 2.82 bits per heavy atom. The van der Waals surface area contributed by atoms with E-state index in [0.717, 1.165) is 16.2 Å². The minimum Gasteiger partial charge on any atom is -0.857 e. The van der Waals surface area contributed by atoms with Crippen molar-refractivity contribution in [3.8, 4) is 0 Å². The van der Waals surface area contributed by atoms with Crippen LogP contribution in [0.1, 0.15) is 5.69 Å². The van der Waals surface area contributed by atoms with Crippen molar-refractivity contribution in [3.05, 3.63) is 34.5 Å². The van der Waals surface area contributed by atoms with Crippen LogP contribution in [0.3, 0.4) is 0 Å². The Balaban J connectivity index is 0.00000408. The summed E-state index contributed by atoms with van der Waals surface area (Å²) >= 11 is 2.35. The molecule has 2 atom stereocenters. The van der Waals surface area contributed by atoms with Crippen molar-refractivity contribution in [1.29, 1.82) is 0 Å². The average Bonchev–Trinajstić information content (AvgIpc) is 3.23. The zero-order valence-corrected chi connectivity index (χ0v) is 22.0. The number of amides is 2. The molecule has 0 spiro atoms. The number of fused-ring (bicyclic) bond motifs is 1. The Morgan fingerprint density at radius 1 is 1.50 bits per heavy atom. The number of anilines is 1. The zero-order valence-electron chi connectivity index (χ0n) is 18.4. The number of oxime groups is 1. The minimum absolute atomic E-state index is 0. The average molecular weight is 519 g/mol. The molecule has 1 aromatic rings. The van der Waals surface area contributed by atoms with Crippen molar-refractivity contribution in [1.82, 2.24) is 15.2 Å². The number of nitrogen functional groups attached to an aromatic ring is 1. The summed E-state index contributed by atoms with van der Waals surface area (Å²) in [5.74, 6) is -2.53. The number of hydrogen-bond donors (Lipinski definition) is 3. The number of nitrogens with one attached hydrogen (secondary N) is 1. The molecule has 0 aromatic carbocycles. The molecule has 16 heteroatoms. The van der Waals surface area contributed by atoms with Gasteiger partial charge in [-0.3, -0.25) is 14.7 Å². The summed E-state index contributed by atoms with van der Waals surface area (Å²) in [5.41, 5.74) is 5.69. The molecule has 0 unspecified atom stereocenters. The fraction of sp³-hybridized carbons (Fsp3) is 0.333. The molecule has 1 fully saturated rings. The van der Waals surface area contributed by atoms with E-state index in [0.29, 0.717) is 5.57 Å². The molecule has 2 amide bonds. The van der Waals surface area contributed by atoms with Gasteiger partial charge in [0.05, 0.1) is 0 Å². The summed E-state index contributed by atoms with van der Waals surface area (Å²) in [6.45, 7) is -0.0761. The molecule has 176 valence electrons. The number of allylic oxidation sites excluding steroid dienone is 1. The SMILES string of the molecule is CNC(=O)OC/C=C\C1=C(C(=O)O)N2C(=O)[C@@H](N=C([O-])/C(=N/OC)c3csc(N)n3)[C@H]2SC1.[Na+]. The van der Waals surface area contributed by atoms with Crippen LogP contribution in [0.25, 0.3) is 0 Å². The van der Waals surface area contributed by atoms with Crippen LogP contribution in [0.15, 0.2) is 39.0 Å². The van der Waals surface area contributed by atoms with Crippen LogP contribution >= 0.6 is 23.1 Å². The molecule has 4 N–H and O–H groups in total. The number of hydrogen-bond acceptors (Lipinski definition) is 12. The molecule has 13 nitrogen and oxygen atoms in total. The summed E-state index contributed by atoms with van der Waals surface area (Å²) in [4.78, 5) is 49.4. The van der Waals surface area contributed by atoms with Gasteiger partial charge in [0.1, 0.15) is 36.2 Å². The number of ether oxygens (including phenoxy) is 1. The van der Waals surface area contributed by atoms with Crippen LogP contribution in [0.5, 0.6) is 0 Å². The van der Waals surface area contributed by atoms with Crippen LogP contribution in [0.4, 0.5) is 9.93 Å². The summed E-state index contributed by atoms with van der Waals surface area (Å²) in [6, 6.07) is -1.09. The topological polar surface area (TPSA) is 192 Å². The Morgan fingerprint density at radius 2 is 2.24 bits per heavy atom. The number of aliphatic imine (C=N–C) groups is 1. The van der Waals surface area contributed by atoms with E-state index < -0.39 is 35.3 Å². The number of nitrogens with two attached hydrogens (primary N) is 1. The van der Waals surface area contributed by atoms with Crippen molar-refractivity contribution < 1.29 is 63.7 Å².